The molecule has 0 bridgehead atoms. The van der Waals surface area contributed by atoms with Crippen LogP contribution >= 0.6 is 0 Å². The van der Waals surface area contributed by atoms with Gasteiger partial charge in [0, 0.05) is 46.0 Å². The quantitative estimate of drug-likeness (QED) is 0.789. The van der Waals surface area contributed by atoms with Gasteiger partial charge in [0.2, 0.25) is 0 Å². The highest BCUT2D eigenvalue weighted by Gasteiger charge is 2.23. The molecule has 2 rings (SSSR count). The SMILES string of the molecule is CCCCN(C)C(=O)c1cncc(N2CCN(C(=O)OCC)CC2)c1. The standard InChI is InChI=1S/C18H28N4O3/c1-4-6-7-20(3)17(23)15-12-16(14-19-13-15)21-8-10-22(11-9-21)18(24)25-5-2/h12-14H,4-11H2,1-3H3. The van der Waals surface area contributed by atoms with Crippen molar-refractivity contribution >= 4 is 17.7 Å². The number of amides is 2. The molecular formula is C18H28N4O3. The molecular weight excluding hydrogens is 320 g/mol. The van der Waals surface area contributed by atoms with Crippen molar-refractivity contribution in [1.82, 2.24) is 14.8 Å². The summed E-state index contributed by atoms with van der Waals surface area (Å²) in [6.45, 7) is 7.65. The second-order valence-electron chi connectivity index (χ2n) is 6.19. The van der Waals surface area contributed by atoms with Crippen LogP contribution < -0.4 is 4.90 Å². The Hall–Kier alpha value is -2.31. The molecule has 1 fully saturated rings. The summed E-state index contributed by atoms with van der Waals surface area (Å²) in [7, 11) is 1.82. The van der Waals surface area contributed by atoms with Crippen LogP contribution in [0, 0.1) is 0 Å². The van der Waals surface area contributed by atoms with E-state index in [9.17, 15) is 9.59 Å². The number of ether oxygens (including phenoxy) is 1. The molecule has 1 aromatic heterocycles. The normalized spacial score (nSPS) is 14.4. The maximum absolute atomic E-state index is 12.5. The van der Waals surface area contributed by atoms with Crippen LogP contribution in [0.4, 0.5) is 10.5 Å². The number of piperazine rings is 1. The van der Waals surface area contributed by atoms with E-state index in [1.165, 1.54) is 0 Å². The lowest BCUT2D eigenvalue weighted by atomic mass is 10.2. The first kappa shape index (κ1) is 19.0. The average Bonchev–Trinajstić information content (AvgIpc) is 2.66. The number of aromatic nitrogens is 1. The summed E-state index contributed by atoms with van der Waals surface area (Å²) in [5.41, 5.74) is 1.52. The lowest BCUT2D eigenvalue weighted by Gasteiger charge is -2.35. The van der Waals surface area contributed by atoms with Crippen molar-refractivity contribution in [3.63, 3.8) is 0 Å². The molecule has 2 amide bonds. The first-order valence-corrected chi connectivity index (χ1v) is 8.94. The fraction of sp³-hybridized carbons (Fsp3) is 0.611. The molecule has 0 saturated carbocycles. The Morgan fingerprint density at radius 3 is 2.56 bits per heavy atom. The average molecular weight is 348 g/mol. The van der Waals surface area contributed by atoms with Crippen LogP contribution in [-0.4, -0.2) is 73.2 Å². The molecule has 2 heterocycles. The van der Waals surface area contributed by atoms with E-state index in [2.05, 4.69) is 16.8 Å². The summed E-state index contributed by atoms with van der Waals surface area (Å²) in [4.78, 5) is 34.1. The zero-order valence-electron chi connectivity index (χ0n) is 15.4. The summed E-state index contributed by atoms with van der Waals surface area (Å²) in [5, 5.41) is 0. The molecule has 0 aliphatic carbocycles. The Morgan fingerprint density at radius 2 is 1.92 bits per heavy atom. The largest absolute Gasteiger partial charge is 0.450 e. The smallest absolute Gasteiger partial charge is 0.409 e. The number of rotatable bonds is 6. The topological polar surface area (TPSA) is 66.0 Å². The first-order chi connectivity index (χ1) is 12.1. The monoisotopic (exact) mass is 348 g/mol. The van der Waals surface area contributed by atoms with E-state index in [-0.39, 0.29) is 12.0 Å². The van der Waals surface area contributed by atoms with Crippen LogP contribution in [0.1, 0.15) is 37.0 Å². The van der Waals surface area contributed by atoms with Crippen LogP contribution in [0.25, 0.3) is 0 Å². The van der Waals surface area contributed by atoms with E-state index < -0.39 is 0 Å². The molecule has 0 unspecified atom stereocenters. The number of hydrogen-bond donors (Lipinski definition) is 0. The molecule has 7 nitrogen and oxygen atoms in total. The van der Waals surface area contributed by atoms with E-state index >= 15 is 0 Å². The first-order valence-electron chi connectivity index (χ1n) is 8.94. The molecule has 0 N–H and O–H groups in total. The van der Waals surface area contributed by atoms with Gasteiger partial charge >= 0.3 is 6.09 Å². The Labute approximate surface area is 149 Å². The highest BCUT2D eigenvalue weighted by molar-refractivity contribution is 5.94. The van der Waals surface area contributed by atoms with Crippen LogP contribution in [0.3, 0.4) is 0 Å². The minimum atomic E-state index is -0.262. The summed E-state index contributed by atoms with van der Waals surface area (Å²) in [6.07, 6.45) is 5.17. The third-order valence-electron chi connectivity index (χ3n) is 4.34. The molecule has 0 atom stereocenters. The van der Waals surface area contributed by atoms with Gasteiger partial charge in [-0.1, -0.05) is 13.3 Å². The van der Waals surface area contributed by atoms with Crippen molar-refractivity contribution in [3.05, 3.63) is 24.0 Å². The van der Waals surface area contributed by atoms with Crippen molar-refractivity contribution in [2.75, 3.05) is 51.3 Å². The van der Waals surface area contributed by atoms with E-state index in [0.717, 1.165) is 25.1 Å². The number of unbranched alkanes of at least 4 members (excludes halogenated alkanes) is 1. The Morgan fingerprint density at radius 1 is 1.20 bits per heavy atom. The lowest BCUT2D eigenvalue weighted by molar-refractivity contribution is 0.0793. The van der Waals surface area contributed by atoms with Crippen molar-refractivity contribution in [2.24, 2.45) is 0 Å². The molecule has 25 heavy (non-hydrogen) atoms. The van der Waals surface area contributed by atoms with E-state index in [1.807, 2.05) is 13.1 Å². The van der Waals surface area contributed by atoms with Gasteiger partial charge in [-0.05, 0) is 19.4 Å². The maximum Gasteiger partial charge on any atom is 0.409 e. The van der Waals surface area contributed by atoms with Crippen LogP contribution in [-0.2, 0) is 4.74 Å². The van der Waals surface area contributed by atoms with Crippen molar-refractivity contribution in [3.8, 4) is 0 Å². The van der Waals surface area contributed by atoms with Crippen molar-refractivity contribution in [2.45, 2.75) is 26.7 Å². The van der Waals surface area contributed by atoms with Gasteiger partial charge < -0.3 is 19.4 Å². The predicted octanol–water partition coefficient (Wildman–Crippen LogP) is 2.23. The minimum absolute atomic E-state index is 0.00652. The van der Waals surface area contributed by atoms with Gasteiger partial charge in [-0.15, -0.1) is 0 Å². The third-order valence-corrected chi connectivity index (χ3v) is 4.34. The molecule has 138 valence electrons. The Balaban J connectivity index is 1.98. The van der Waals surface area contributed by atoms with Crippen LogP contribution in [0.5, 0.6) is 0 Å². The van der Waals surface area contributed by atoms with Gasteiger partial charge in [-0.2, -0.15) is 0 Å². The van der Waals surface area contributed by atoms with Crippen LogP contribution in [0.15, 0.2) is 18.5 Å². The Bertz CT molecular complexity index is 585. The second-order valence-corrected chi connectivity index (χ2v) is 6.19. The number of nitrogens with zero attached hydrogens (tertiary/aromatic N) is 4. The van der Waals surface area contributed by atoms with Gasteiger partial charge in [-0.25, -0.2) is 4.79 Å². The minimum Gasteiger partial charge on any atom is -0.450 e. The fourth-order valence-electron chi connectivity index (χ4n) is 2.80. The van der Waals surface area contributed by atoms with Gasteiger partial charge in [0.05, 0.1) is 24.1 Å². The molecule has 1 aliphatic rings. The molecule has 1 saturated heterocycles. The van der Waals surface area contributed by atoms with E-state index in [0.29, 0.717) is 38.3 Å². The highest BCUT2D eigenvalue weighted by Crippen LogP contribution is 2.18. The molecule has 7 heteroatoms. The summed E-state index contributed by atoms with van der Waals surface area (Å²) in [5.74, 6) is -0.00652. The molecule has 0 spiro atoms. The van der Waals surface area contributed by atoms with Crippen molar-refractivity contribution < 1.29 is 14.3 Å². The zero-order valence-corrected chi connectivity index (χ0v) is 15.4. The number of hydrogen-bond acceptors (Lipinski definition) is 5. The second kappa shape index (κ2) is 9.25. The number of anilines is 1. The van der Waals surface area contributed by atoms with Gasteiger partial charge in [0.25, 0.3) is 5.91 Å². The molecule has 1 aromatic rings. The summed E-state index contributed by atoms with van der Waals surface area (Å²) < 4.78 is 5.04. The van der Waals surface area contributed by atoms with Crippen molar-refractivity contribution in [1.29, 1.82) is 0 Å². The molecule has 0 radical (unpaired) electrons. The predicted molar refractivity (Wildman–Crippen MR) is 96.9 cm³/mol. The number of pyridine rings is 1. The summed E-state index contributed by atoms with van der Waals surface area (Å²) in [6, 6.07) is 1.89. The van der Waals surface area contributed by atoms with Gasteiger partial charge in [-0.3, -0.25) is 9.78 Å². The van der Waals surface area contributed by atoms with E-state index in [4.69, 9.17) is 4.74 Å². The number of carbonyl (C=O) groups is 2. The highest BCUT2D eigenvalue weighted by atomic mass is 16.6. The molecule has 1 aliphatic heterocycles. The summed E-state index contributed by atoms with van der Waals surface area (Å²) >= 11 is 0. The third kappa shape index (κ3) is 5.08. The van der Waals surface area contributed by atoms with Gasteiger partial charge in [0.15, 0.2) is 0 Å². The molecule has 0 aromatic carbocycles. The number of carbonyl (C=O) groups excluding carboxylic acids is 2. The van der Waals surface area contributed by atoms with Gasteiger partial charge in [0.1, 0.15) is 0 Å². The lowest BCUT2D eigenvalue weighted by Crippen LogP contribution is -2.49. The van der Waals surface area contributed by atoms with E-state index in [1.54, 1.807) is 29.1 Å². The zero-order chi connectivity index (χ0) is 18.2. The van der Waals surface area contributed by atoms with Crippen LogP contribution in [0.2, 0.25) is 0 Å². The maximum atomic E-state index is 12.5. The fourth-order valence-corrected chi connectivity index (χ4v) is 2.80. The Kier molecular flexibility index (Phi) is 7.03.